The predicted molar refractivity (Wildman–Crippen MR) is 148 cm³/mol. The first-order valence-electron chi connectivity index (χ1n) is 12.8. The zero-order chi connectivity index (χ0) is 28.3. The highest BCUT2D eigenvalue weighted by atomic mass is 32.1. The highest BCUT2D eigenvalue weighted by Crippen LogP contribution is 2.36. The Morgan fingerprint density at radius 2 is 2.00 bits per heavy atom. The van der Waals surface area contributed by atoms with Crippen LogP contribution >= 0.6 is 11.3 Å². The van der Waals surface area contributed by atoms with Crippen molar-refractivity contribution in [3.05, 3.63) is 65.3 Å². The topological polar surface area (TPSA) is 116 Å². The molecule has 0 aromatic carbocycles. The number of aromatic amines is 2. The summed E-state index contributed by atoms with van der Waals surface area (Å²) in [5.74, 6) is -2.95. The Labute approximate surface area is 234 Å². The molecule has 0 bridgehead atoms. The number of rotatable bonds is 6. The third-order valence-corrected chi connectivity index (χ3v) is 8.35. The number of aromatic nitrogens is 7. The monoisotopic (exact) mass is 574 g/mol. The maximum Gasteiger partial charge on any atom is 0.261 e. The molecule has 1 fully saturated rings. The van der Waals surface area contributed by atoms with Crippen molar-refractivity contribution in [3.8, 4) is 33.1 Å². The Morgan fingerprint density at radius 3 is 2.78 bits per heavy atom. The summed E-state index contributed by atoms with van der Waals surface area (Å²) in [6.45, 7) is 1.79. The molecule has 7 heterocycles. The van der Waals surface area contributed by atoms with Crippen LogP contribution in [-0.2, 0) is 6.54 Å². The molecule has 1 aliphatic rings. The number of halogens is 3. The largest absolute Gasteiger partial charge is 0.335 e. The van der Waals surface area contributed by atoms with E-state index in [0.29, 0.717) is 38.7 Å². The van der Waals surface area contributed by atoms with Crippen LogP contribution in [0.3, 0.4) is 0 Å². The Morgan fingerprint density at radius 1 is 1.12 bits per heavy atom. The van der Waals surface area contributed by atoms with E-state index in [2.05, 4.69) is 35.1 Å². The van der Waals surface area contributed by atoms with Gasteiger partial charge in [-0.1, -0.05) is 0 Å². The van der Waals surface area contributed by atoms with E-state index < -0.39 is 11.7 Å². The van der Waals surface area contributed by atoms with Crippen LogP contribution in [0.15, 0.2) is 49.1 Å². The highest BCUT2D eigenvalue weighted by molar-refractivity contribution is 7.17. The van der Waals surface area contributed by atoms with Crippen molar-refractivity contribution in [2.45, 2.75) is 25.8 Å². The highest BCUT2D eigenvalue weighted by Gasteiger charge is 2.38. The summed E-state index contributed by atoms with van der Waals surface area (Å²) in [5, 5.41) is 7.17. The molecular formula is C28H21F3N8OS. The van der Waals surface area contributed by atoms with Gasteiger partial charge in [0, 0.05) is 65.9 Å². The van der Waals surface area contributed by atoms with E-state index in [4.69, 9.17) is 0 Å². The van der Waals surface area contributed by atoms with Crippen molar-refractivity contribution in [1.82, 2.24) is 40.0 Å². The summed E-state index contributed by atoms with van der Waals surface area (Å²) in [6.07, 6.45) is 5.95. The second-order valence-electron chi connectivity index (χ2n) is 10.0. The van der Waals surface area contributed by atoms with Crippen LogP contribution in [0.1, 0.15) is 28.6 Å². The van der Waals surface area contributed by atoms with Crippen LogP contribution < -0.4 is 0 Å². The van der Waals surface area contributed by atoms with Crippen LogP contribution in [0.25, 0.3) is 55.3 Å². The molecule has 206 valence electrons. The van der Waals surface area contributed by atoms with Crippen molar-refractivity contribution in [2.24, 2.45) is 0 Å². The quantitative estimate of drug-likeness (QED) is 0.239. The summed E-state index contributed by atoms with van der Waals surface area (Å²) in [7, 11) is 0. The summed E-state index contributed by atoms with van der Waals surface area (Å²) in [4.78, 5) is 35.7. The van der Waals surface area contributed by atoms with E-state index in [0.717, 1.165) is 10.4 Å². The van der Waals surface area contributed by atoms with Gasteiger partial charge in [0.25, 0.3) is 5.92 Å². The van der Waals surface area contributed by atoms with Crippen molar-refractivity contribution >= 4 is 39.3 Å². The summed E-state index contributed by atoms with van der Waals surface area (Å²) in [5.41, 5.74) is 3.71. The maximum absolute atomic E-state index is 16.1. The lowest BCUT2D eigenvalue weighted by Gasteiger charge is -2.15. The number of thiophene rings is 1. The number of fused-ring (bicyclic) bond motifs is 2. The van der Waals surface area contributed by atoms with Gasteiger partial charge in [0.05, 0.1) is 22.3 Å². The number of imidazole rings is 1. The zero-order valence-corrected chi connectivity index (χ0v) is 22.4. The van der Waals surface area contributed by atoms with Crippen LogP contribution in [0.2, 0.25) is 0 Å². The minimum atomic E-state index is -2.70. The van der Waals surface area contributed by atoms with Crippen LogP contribution in [0.4, 0.5) is 13.2 Å². The van der Waals surface area contributed by atoms with Crippen molar-refractivity contribution in [1.29, 1.82) is 0 Å². The van der Waals surface area contributed by atoms with E-state index in [1.165, 1.54) is 30.7 Å². The number of alkyl halides is 2. The number of nitrogens with one attached hydrogen (secondary N) is 2. The molecule has 1 aliphatic heterocycles. The molecule has 6 aromatic rings. The first-order valence-corrected chi connectivity index (χ1v) is 13.6. The normalized spacial score (nSPS) is 15.3. The minimum Gasteiger partial charge on any atom is -0.335 e. The molecule has 1 saturated heterocycles. The molecule has 0 radical (unpaired) electrons. The Balaban J connectivity index is 1.27. The number of nitrogens with zero attached hydrogens (tertiary/aromatic N) is 6. The molecule has 0 amide bonds. The van der Waals surface area contributed by atoms with E-state index >= 15 is 4.39 Å². The number of carbonyl (C=O) groups excluding carboxylic acids is 1. The SMILES string of the molecule is CC(=O)c1ccc(-c2ccnc3nc(-c4[nH]nc5ncc(-c6cncc(CN7CCC(F)(F)C7)c6)c(F)c45)[nH]c23)s1. The van der Waals surface area contributed by atoms with E-state index in [1.54, 1.807) is 29.4 Å². The van der Waals surface area contributed by atoms with Crippen molar-refractivity contribution in [3.63, 3.8) is 0 Å². The van der Waals surface area contributed by atoms with E-state index in [-0.39, 0.29) is 48.4 Å². The van der Waals surface area contributed by atoms with Gasteiger partial charge in [0.15, 0.2) is 22.9 Å². The molecule has 13 heteroatoms. The molecule has 9 nitrogen and oxygen atoms in total. The number of pyridine rings is 3. The van der Waals surface area contributed by atoms with Gasteiger partial charge < -0.3 is 4.98 Å². The average Bonchev–Trinajstić information content (AvgIpc) is 3.74. The first kappa shape index (κ1) is 25.5. The third-order valence-electron chi connectivity index (χ3n) is 7.13. The number of carbonyl (C=O) groups is 1. The second-order valence-corrected chi connectivity index (χ2v) is 11.1. The molecule has 6 aromatic heterocycles. The van der Waals surface area contributed by atoms with Gasteiger partial charge in [-0.3, -0.25) is 19.8 Å². The lowest BCUT2D eigenvalue weighted by molar-refractivity contribution is 0.0115. The standard InChI is InChI=1S/C28H21F3N8OS/c1-14(40)19-2-3-20(41-19)17-4-6-33-26-23(17)35-27(36-26)24-21-22(29)18(11-34-25(21)38-37-24)16-8-15(9-32-10-16)12-39-7-5-28(30,31)13-39/h2-4,6,8-11H,5,7,12-13H2,1H3,(H,33,35,36)(H,34,37,38). The molecule has 7 rings (SSSR count). The Hall–Kier alpha value is -4.49. The molecule has 0 saturated carbocycles. The fourth-order valence-corrected chi connectivity index (χ4v) is 6.08. The predicted octanol–water partition coefficient (Wildman–Crippen LogP) is 5.87. The van der Waals surface area contributed by atoms with Crippen molar-refractivity contribution in [2.75, 3.05) is 13.1 Å². The second kappa shape index (κ2) is 9.56. The molecule has 0 spiro atoms. The van der Waals surface area contributed by atoms with E-state index in [1.807, 2.05) is 12.1 Å². The van der Waals surface area contributed by atoms with Gasteiger partial charge in [-0.15, -0.1) is 11.3 Å². The first-order chi connectivity index (χ1) is 19.8. The third kappa shape index (κ3) is 4.56. The molecule has 0 unspecified atom stereocenters. The lowest BCUT2D eigenvalue weighted by Crippen LogP contribution is -2.24. The van der Waals surface area contributed by atoms with Gasteiger partial charge in [0.1, 0.15) is 11.5 Å². The Bertz CT molecular complexity index is 1960. The fourth-order valence-electron chi connectivity index (χ4n) is 5.15. The van der Waals surface area contributed by atoms with Crippen LogP contribution in [0, 0.1) is 5.82 Å². The number of hydrogen-bond donors (Lipinski definition) is 2. The number of ketones is 1. The number of likely N-dealkylation sites (tertiary alicyclic amines) is 1. The minimum absolute atomic E-state index is 0.0158. The van der Waals surface area contributed by atoms with Gasteiger partial charge in [-0.2, -0.15) is 5.10 Å². The Kier molecular flexibility index (Phi) is 5.94. The van der Waals surface area contributed by atoms with E-state index in [9.17, 15) is 13.6 Å². The zero-order valence-electron chi connectivity index (χ0n) is 21.6. The maximum atomic E-state index is 16.1. The smallest absolute Gasteiger partial charge is 0.261 e. The number of H-pyrrole nitrogens is 2. The molecule has 0 aliphatic carbocycles. The molecule has 0 atom stereocenters. The van der Waals surface area contributed by atoms with Crippen molar-refractivity contribution < 1.29 is 18.0 Å². The molecule has 41 heavy (non-hydrogen) atoms. The number of hydrogen-bond acceptors (Lipinski definition) is 8. The fraction of sp³-hybridized carbons (Fsp3) is 0.214. The summed E-state index contributed by atoms with van der Waals surface area (Å²) < 4.78 is 43.4. The average molecular weight is 575 g/mol. The van der Waals surface area contributed by atoms with Gasteiger partial charge in [0.2, 0.25) is 0 Å². The summed E-state index contributed by atoms with van der Waals surface area (Å²) in [6, 6.07) is 7.22. The molecule has 2 N–H and O–H groups in total. The van der Waals surface area contributed by atoms with Gasteiger partial charge in [-0.25, -0.2) is 28.1 Å². The lowest BCUT2D eigenvalue weighted by atomic mass is 10.0. The summed E-state index contributed by atoms with van der Waals surface area (Å²) >= 11 is 1.37. The van der Waals surface area contributed by atoms with Crippen LogP contribution in [-0.4, -0.2) is 64.8 Å². The number of Topliss-reactive ketones (excluding diaryl/α,β-unsaturated/α-hetero) is 1. The van der Waals surface area contributed by atoms with Crippen LogP contribution in [0.5, 0.6) is 0 Å². The van der Waals surface area contributed by atoms with Gasteiger partial charge >= 0.3 is 0 Å². The van der Waals surface area contributed by atoms with Gasteiger partial charge in [-0.05, 0) is 36.8 Å². The molecular weight excluding hydrogens is 553 g/mol.